The summed E-state index contributed by atoms with van der Waals surface area (Å²) >= 11 is 1.75. The van der Waals surface area contributed by atoms with Gasteiger partial charge in [-0.25, -0.2) is 0 Å². The van der Waals surface area contributed by atoms with Crippen LogP contribution in [0.2, 0.25) is 0 Å². The summed E-state index contributed by atoms with van der Waals surface area (Å²) in [4.78, 5) is 1.28. The minimum atomic E-state index is 0.998. The van der Waals surface area contributed by atoms with Crippen LogP contribution in [-0.2, 0) is 0 Å². The van der Waals surface area contributed by atoms with E-state index in [2.05, 4.69) is 24.5 Å². The molecule has 0 radical (unpaired) electrons. The van der Waals surface area contributed by atoms with Crippen molar-refractivity contribution in [3.8, 4) is 0 Å². The van der Waals surface area contributed by atoms with E-state index in [4.69, 9.17) is 4.42 Å². The number of furan rings is 1. The molecule has 0 aliphatic rings. The third kappa shape index (κ3) is 1.12. The monoisotopic (exact) mass is 178 g/mol. The van der Waals surface area contributed by atoms with Gasteiger partial charge in [-0.15, -0.1) is 11.8 Å². The maximum Gasteiger partial charge on any atom is 0.108 e. The Morgan fingerprint density at radius 3 is 2.92 bits per heavy atom. The van der Waals surface area contributed by atoms with E-state index >= 15 is 0 Å². The molecule has 0 aliphatic carbocycles. The molecule has 0 saturated carbocycles. The molecule has 2 rings (SSSR count). The van der Waals surface area contributed by atoms with Crippen LogP contribution in [0.25, 0.3) is 10.8 Å². The van der Waals surface area contributed by atoms with Gasteiger partial charge in [-0.05, 0) is 31.4 Å². The highest BCUT2D eigenvalue weighted by Crippen LogP contribution is 2.25. The zero-order chi connectivity index (χ0) is 8.55. The second-order valence-electron chi connectivity index (χ2n) is 2.75. The molecule has 1 heterocycles. The molecule has 0 spiro atoms. The summed E-state index contributed by atoms with van der Waals surface area (Å²) in [5.74, 6) is 0.998. The first kappa shape index (κ1) is 7.74. The lowest BCUT2D eigenvalue weighted by atomic mass is 10.2. The molecule has 62 valence electrons. The SMILES string of the molecule is CSc1ccc2c(C)occ2c1. The standard InChI is InChI=1S/C10H10OS/c1-7-10-4-3-9(12-2)5-8(10)6-11-7/h3-6H,1-2H3. The Hall–Kier alpha value is -0.890. The third-order valence-electron chi connectivity index (χ3n) is 2.00. The normalized spacial score (nSPS) is 10.8. The third-order valence-corrected chi connectivity index (χ3v) is 2.73. The molecular formula is C10H10OS. The Bertz CT molecular complexity index is 403. The highest BCUT2D eigenvalue weighted by molar-refractivity contribution is 7.98. The molecule has 0 N–H and O–H groups in total. The molecule has 0 unspecified atom stereocenters. The van der Waals surface area contributed by atoms with Crippen LogP contribution in [-0.4, -0.2) is 6.26 Å². The van der Waals surface area contributed by atoms with Crippen molar-refractivity contribution in [1.29, 1.82) is 0 Å². The van der Waals surface area contributed by atoms with Gasteiger partial charge in [-0.1, -0.05) is 0 Å². The summed E-state index contributed by atoms with van der Waals surface area (Å²) in [7, 11) is 0. The second-order valence-corrected chi connectivity index (χ2v) is 3.62. The van der Waals surface area contributed by atoms with Gasteiger partial charge in [0, 0.05) is 15.7 Å². The number of thioether (sulfide) groups is 1. The minimum Gasteiger partial charge on any atom is -0.468 e. The summed E-state index contributed by atoms with van der Waals surface area (Å²) in [6.07, 6.45) is 3.89. The number of benzene rings is 1. The Morgan fingerprint density at radius 2 is 2.17 bits per heavy atom. The Kier molecular flexibility index (Phi) is 1.85. The molecule has 2 heteroatoms. The van der Waals surface area contributed by atoms with Gasteiger partial charge in [0.05, 0.1) is 6.26 Å². The van der Waals surface area contributed by atoms with Gasteiger partial charge in [0.15, 0.2) is 0 Å². The molecule has 1 nitrogen and oxygen atoms in total. The van der Waals surface area contributed by atoms with Gasteiger partial charge >= 0.3 is 0 Å². The molecule has 1 aromatic carbocycles. The van der Waals surface area contributed by atoms with Crippen molar-refractivity contribution in [1.82, 2.24) is 0 Å². The van der Waals surface area contributed by atoms with Gasteiger partial charge < -0.3 is 4.42 Å². The molecule has 2 aromatic rings. The van der Waals surface area contributed by atoms with Crippen molar-refractivity contribution < 1.29 is 4.42 Å². The van der Waals surface area contributed by atoms with Crippen molar-refractivity contribution >= 4 is 22.5 Å². The fraction of sp³-hybridized carbons (Fsp3) is 0.200. The largest absolute Gasteiger partial charge is 0.468 e. The zero-order valence-electron chi connectivity index (χ0n) is 7.13. The van der Waals surface area contributed by atoms with E-state index in [-0.39, 0.29) is 0 Å². The van der Waals surface area contributed by atoms with Crippen LogP contribution in [0, 0.1) is 6.92 Å². The molecule has 12 heavy (non-hydrogen) atoms. The van der Waals surface area contributed by atoms with Crippen molar-refractivity contribution in [3.63, 3.8) is 0 Å². The van der Waals surface area contributed by atoms with E-state index in [1.165, 1.54) is 15.7 Å². The fourth-order valence-electron chi connectivity index (χ4n) is 1.30. The first-order chi connectivity index (χ1) is 5.81. The quantitative estimate of drug-likeness (QED) is 0.620. The van der Waals surface area contributed by atoms with Gasteiger partial charge in [0.2, 0.25) is 0 Å². The molecule has 0 saturated heterocycles. The molecular weight excluding hydrogens is 168 g/mol. The van der Waals surface area contributed by atoms with E-state index in [0.717, 1.165) is 5.76 Å². The summed E-state index contributed by atoms with van der Waals surface area (Å²) in [6.45, 7) is 1.99. The van der Waals surface area contributed by atoms with Gasteiger partial charge in [0.25, 0.3) is 0 Å². The highest BCUT2D eigenvalue weighted by atomic mass is 32.2. The number of hydrogen-bond acceptors (Lipinski definition) is 2. The molecule has 0 bridgehead atoms. The van der Waals surface area contributed by atoms with E-state index in [1.54, 1.807) is 11.8 Å². The van der Waals surface area contributed by atoms with Crippen LogP contribution >= 0.6 is 11.8 Å². The summed E-state index contributed by atoms with van der Waals surface area (Å²) in [5.41, 5.74) is 0. The van der Waals surface area contributed by atoms with Crippen LogP contribution < -0.4 is 0 Å². The smallest absolute Gasteiger partial charge is 0.108 e. The Labute approximate surface area is 75.8 Å². The maximum absolute atomic E-state index is 5.31. The van der Waals surface area contributed by atoms with E-state index in [1.807, 2.05) is 13.2 Å². The summed E-state index contributed by atoms with van der Waals surface area (Å²) in [6, 6.07) is 6.38. The Balaban J connectivity index is 2.69. The van der Waals surface area contributed by atoms with E-state index < -0.39 is 0 Å². The van der Waals surface area contributed by atoms with Crippen LogP contribution in [0.15, 0.2) is 33.8 Å². The molecule has 0 aliphatic heterocycles. The minimum absolute atomic E-state index is 0.998. The lowest BCUT2D eigenvalue weighted by Crippen LogP contribution is -1.70. The van der Waals surface area contributed by atoms with Crippen molar-refractivity contribution in [2.45, 2.75) is 11.8 Å². The first-order valence-electron chi connectivity index (χ1n) is 3.83. The lowest BCUT2D eigenvalue weighted by molar-refractivity contribution is 0.540. The second kappa shape index (κ2) is 2.87. The summed E-state index contributed by atoms with van der Waals surface area (Å²) < 4.78 is 5.31. The van der Waals surface area contributed by atoms with E-state index in [0.29, 0.717) is 0 Å². The van der Waals surface area contributed by atoms with Crippen LogP contribution in [0.4, 0.5) is 0 Å². The van der Waals surface area contributed by atoms with Crippen LogP contribution in [0.3, 0.4) is 0 Å². The first-order valence-corrected chi connectivity index (χ1v) is 5.05. The number of hydrogen-bond donors (Lipinski definition) is 0. The molecule has 0 atom stereocenters. The van der Waals surface area contributed by atoms with Crippen molar-refractivity contribution in [3.05, 3.63) is 30.2 Å². The average Bonchev–Trinajstić information content (AvgIpc) is 2.47. The van der Waals surface area contributed by atoms with Gasteiger partial charge in [0.1, 0.15) is 5.76 Å². The number of aryl methyl sites for hydroxylation is 1. The number of fused-ring (bicyclic) bond motifs is 1. The summed E-state index contributed by atoms with van der Waals surface area (Å²) in [5, 5.41) is 2.41. The van der Waals surface area contributed by atoms with Gasteiger partial charge in [-0.3, -0.25) is 0 Å². The van der Waals surface area contributed by atoms with Crippen LogP contribution in [0.5, 0.6) is 0 Å². The molecule has 0 amide bonds. The zero-order valence-corrected chi connectivity index (χ0v) is 7.94. The predicted octanol–water partition coefficient (Wildman–Crippen LogP) is 3.46. The van der Waals surface area contributed by atoms with Crippen molar-refractivity contribution in [2.24, 2.45) is 0 Å². The average molecular weight is 178 g/mol. The van der Waals surface area contributed by atoms with E-state index in [9.17, 15) is 0 Å². The van der Waals surface area contributed by atoms with Gasteiger partial charge in [-0.2, -0.15) is 0 Å². The Morgan fingerprint density at radius 1 is 1.33 bits per heavy atom. The predicted molar refractivity (Wildman–Crippen MR) is 52.7 cm³/mol. The number of rotatable bonds is 1. The fourth-order valence-corrected chi connectivity index (χ4v) is 1.75. The molecule has 1 aromatic heterocycles. The lowest BCUT2D eigenvalue weighted by Gasteiger charge is -1.94. The van der Waals surface area contributed by atoms with Crippen molar-refractivity contribution in [2.75, 3.05) is 6.26 Å². The topological polar surface area (TPSA) is 13.1 Å². The van der Waals surface area contributed by atoms with Crippen LogP contribution in [0.1, 0.15) is 5.76 Å². The molecule has 0 fully saturated rings. The highest BCUT2D eigenvalue weighted by Gasteiger charge is 2.01. The maximum atomic E-state index is 5.31.